The van der Waals surface area contributed by atoms with Crippen LogP contribution in [0.5, 0.6) is 5.75 Å². The second-order valence-corrected chi connectivity index (χ2v) is 9.62. The standard InChI is InChI=1S/C21H20BrN3O4S/c22-19-12-15(7-8-20(19)26)11-16(14-23)21(27)24-17-5-4-6-18(13-17)30(28,29)25-9-2-1-3-10-25/h4-8,11-13,26H,1-3,9-10H2,(H,24,27)/b16-11+. The number of nitrogens with one attached hydrogen (secondary N) is 1. The molecule has 0 saturated carbocycles. The Morgan fingerprint density at radius 3 is 2.57 bits per heavy atom. The van der Waals surface area contributed by atoms with E-state index < -0.39 is 15.9 Å². The van der Waals surface area contributed by atoms with Crippen LogP contribution in [0, 0.1) is 11.3 Å². The zero-order valence-corrected chi connectivity index (χ0v) is 18.4. The summed E-state index contributed by atoms with van der Waals surface area (Å²) >= 11 is 3.18. The largest absolute Gasteiger partial charge is 0.507 e. The van der Waals surface area contributed by atoms with Crippen molar-refractivity contribution in [2.45, 2.75) is 24.2 Å². The maximum absolute atomic E-state index is 12.8. The van der Waals surface area contributed by atoms with Gasteiger partial charge in [0.1, 0.15) is 17.4 Å². The third-order valence-corrected chi connectivity index (χ3v) is 7.22. The highest BCUT2D eigenvalue weighted by atomic mass is 79.9. The summed E-state index contributed by atoms with van der Waals surface area (Å²) in [5, 5.41) is 21.5. The lowest BCUT2D eigenvalue weighted by Crippen LogP contribution is -2.35. The summed E-state index contributed by atoms with van der Waals surface area (Å²) in [6.07, 6.45) is 4.07. The number of carbonyl (C=O) groups is 1. The number of aromatic hydroxyl groups is 1. The lowest BCUT2D eigenvalue weighted by molar-refractivity contribution is -0.112. The number of nitriles is 1. The molecule has 2 aromatic rings. The number of sulfonamides is 1. The molecule has 0 unspecified atom stereocenters. The number of benzene rings is 2. The van der Waals surface area contributed by atoms with Crippen LogP contribution in [-0.2, 0) is 14.8 Å². The molecule has 0 bridgehead atoms. The number of rotatable bonds is 5. The van der Waals surface area contributed by atoms with E-state index in [2.05, 4.69) is 21.2 Å². The van der Waals surface area contributed by atoms with E-state index in [4.69, 9.17) is 0 Å². The number of hydrogen-bond acceptors (Lipinski definition) is 5. The molecule has 156 valence electrons. The highest BCUT2D eigenvalue weighted by molar-refractivity contribution is 9.10. The highest BCUT2D eigenvalue weighted by Gasteiger charge is 2.26. The van der Waals surface area contributed by atoms with E-state index in [0.717, 1.165) is 19.3 Å². The van der Waals surface area contributed by atoms with E-state index in [1.165, 1.54) is 28.6 Å². The molecule has 7 nitrogen and oxygen atoms in total. The Hall–Kier alpha value is -2.67. The zero-order valence-electron chi connectivity index (χ0n) is 16.0. The van der Waals surface area contributed by atoms with E-state index in [1.54, 1.807) is 24.3 Å². The van der Waals surface area contributed by atoms with Gasteiger partial charge in [-0.2, -0.15) is 9.57 Å². The predicted octanol–water partition coefficient (Wildman–Crippen LogP) is 3.87. The summed E-state index contributed by atoms with van der Waals surface area (Å²) in [5.74, 6) is -0.615. The first-order valence-corrected chi connectivity index (χ1v) is 11.6. The van der Waals surface area contributed by atoms with Crippen molar-refractivity contribution in [1.29, 1.82) is 5.26 Å². The van der Waals surface area contributed by atoms with Gasteiger partial charge in [0, 0.05) is 18.8 Å². The Kier molecular flexibility index (Phi) is 6.92. The Morgan fingerprint density at radius 1 is 1.17 bits per heavy atom. The van der Waals surface area contributed by atoms with E-state index >= 15 is 0 Å². The fourth-order valence-corrected chi connectivity index (χ4v) is 5.08. The fourth-order valence-electron chi connectivity index (χ4n) is 3.12. The molecule has 0 radical (unpaired) electrons. The summed E-state index contributed by atoms with van der Waals surface area (Å²) in [6.45, 7) is 0.977. The number of phenols is 1. The van der Waals surface area contributed by atoms with Gasteiger partial charge in [-0.15, -0.1) is 0 Å². The molecule has 30 heavy (non-hydrogen) atoms. The van der Waals surface area contributed by atoms with Crippen molar-refractivity contribution in [1.82, 2.24) is 4.31 Å². The number of amides is 1. The van der Waals surface area contributed by atoms with Gasteiger partial charge in [-0.1, -0.05) is 18.6 Å². The molecule has 1 saturated heterocycles. The predicted molar refractivity (Wildman–Crippen MR) is 117 cm³/mol. The smallest absolute Gasteiger partial charge is 0.266 e. The molecule has 2 N–H and O–H groups in total. The van der Waals surface area contributed by atoms with Crippen molar-refractivity contribution < 1.29 is 18.3 Å². The summed E-state index contributed by atoms with van der Waals surface area (Å²) in [7, 11) is -3.63. The second kappa shape index (κ2) is 9.43. The third-order valence-electron chi connectivity index (χ3n) is 4.69. The summed E-state index contributed by atoms with van der Waals surface area (Å²) in [4.78, 5) is 12.6. The van der Waals surface area contributed by atoms with E-state index in [-0.39, 0.29) is 21.9 Å². The van der Waals surface area contributed by atoms with Crippen molar-refractivity contribution in [3.05, 3.63) is 58.1 Å². The molecular weight excluding hydrogens is 470 g/mol. The number of nitrogens with zero attached hydrogens (tertiary/aromatic N) is 2. The Labute approximate surface area is 183 Å². The molecule has 9 heteroatoms. The molecule has 1 amide bonds. The Morgan fingerprint density at radius 2 is 1.90 bits per heavy atom. The first-order valence-electron chi connectivity index (χ1n) is 9.33. The van der Waals surface area contributed by atoms with E-state index in [0.29, 0.717) is 23.1 Å². The molecular formula is C21H20BrN3O4S. The summed E-state index contributed by atoms with van der Waals surface area (Å²) in [5.41, 5.74) is 0.677. The van der Waals surface area contributed by atoms with Crippen molar-refractivity contribution >= 4 is 43.6 Å². The van der Waals surface area contributed by atoms with Crippen LogP contribution >= 0.6 is 15.9 Å². The minimum atomic E-state index is -3.63. The topological polar surface area (TPSA) is 110 Å². The second-order valence-electron chi connectivity index (χ2n) is 6.83. The SMILES string of the molecule is N#C/C(=C\c1ccc(O)c(Br)c1)C(=O)Nc1cccc(S(=O)(=O)N2CCCCC2)c1. The van der Waals surface area contributed by atoms with Gasteiger partial charge < -0.3 is 10.4 Å². The van der Waals surface area contributed by atoms with Crippen molar-refractivity contribution in [3.8, 4) is 11.8 Å². The minimum absolute atomic E-state index is 0.0434. The average molecular weight is 490 g/mol. The first kappa shape index (κ1) is 22.0. The van der Waals surface area contributed by atoms with Gasteiger partial charge in [0.05, 0.1) is 9.37 Å². The van der Waals surface area contributed by atoms with Crippen molar-refractivity contribution in [2.24, 2.45) is 0 Å². The number of phenolic OH excluding ortho intramolecular Hbond substituents is 1. The van der Waals surface area contributed by atoms with Crippen LogP contribution < -0.4 is 5.32 Å². The molecule has 1 aliphatic heterocycles. The molecule has 0 aliphatic carbocycles. The van der Waals surface area contributed by atoms with Gasteiger partial charge in [-0.3, -0.25) is 4.79 Å². The Balaban J connectivity index is 1.80. The van der Waals surface area contributed by atoms with Crippen molar-refractivity contribution in [3.63, 3.8) is 0 Å². The molecule has 0 spiro atoms. The molecule has 3 rings (SSSR count). The maximum Gasteiger partial charge on any atom is 0.266 e. The molecule has 0 aromatic heterocycles. The monoisotopic (exact) mass is 489 g/mol. The number of hydrogen-bond donors (Lipinski definition) is 2. The lowest BCUT2D eigenvalue weighted by Gasteiger charge is -2.26. The molecule has 1 heterocycles. The fraction of sp³-hybridized carbons (Fsp3) is 0.238. The number of piperidine rings is 1. The quantitative estimate of drug-likeness (QED) is 0.488. The molecule has 2 aromatic carbocycles. The van der Waals surface area contributed by atoms with Crippen LogP contribution in [0.1, 0.15) is 24.8 Å². The van der Waals surface area contributed by atoms with Gasteiger partial charge in [0.15, 0.2) is 0 Å². The third kappa shape index (κ3) is 5.08. The molecule has 1 fully saturated rings. The maximum atomic E-state index is 12.8. The number of carbonyl (C=O) groups excluding carboxylic acids is 1. The summed E-state index contributed by atoms with van der Waals surface area (Å²) < 4.78 is 27.6. The molecule has 0 atom stereocenters. The van der Waals surface area contributed by atoms with Crippen LogP contribution in [0.25, 0.3) is 6.08 Å². The van der Waals surface area contributed by atoms with Crippen LogP contribution in [-0.4, -0.2) is 36.8 Å². The van der Waals surface area contributed by atoms with Gasteiger partial charge in [0.25, 0.3) is 5.91 Å². The van der Waals surface area contributed by atoms with Gasteiger partial charge in [-0.05, 0) is 70.7 Å². The minimum Gasteiger partial charge on any atom is -0.507 e. The van der Waals surface area contributed by atoms with Crippen LogP contribution in [0.15, 0.2) is 57.4 Å². The number of anilines is 1. The Bertz CT molecular complexity index is 1130. The lowest BCUT2D eigenvalue weighted by atomic mass is 10.1. The van der Waals surface area contributed by atoms with E-state index in [9.17, 15) is 23.6 Å². The van der Waals surface area contributed by atoms with Gasteiger partial charge >= 0.3 is 0 Å². The average Bonchev–Trinajstić information content (AvgIpc) is 2.75. The van der Waals surface area contributed by atoms with Crippen LogP contribution in [0.2, 0.25) is 0 Å². The van der Waals surface area contributed by atoms with Crippen LogP contribution in [0.3, 0.4) is 0 Å². The van der Waals surface area contributed by atoms with Gasteiger partial charge in [-0.25, -0.2) is 8.42 Å². The van der Waals surface area contributed by atoms with E-state index in [1.807, 2.05) is 6.07 Å². The normalized spacial score (nSPS) is 15.4. The van der Waals surface area contributed by atoms with Crippen molar-refractivity contribution in [2.75, 3.05) is 18.4 Å². The molecule has 1 aliphatic rings. The summed E-state index contributed by atoms with van der Waals surface area (Å²) in [6, 6.07) is 12.4. The zero-order chi connectivity index (χ0) is 21.7. The van der Waals surface area contributed by atoms with Gasteiger partial charge in [0.2, 0.25) is 10.0 Å². The highest BCUT2D eigenvalue weighted by Crippen LogP contribution is 2.26. The van der Waals surface area contributed by atoms with Crippen LogP contribution in [0.4, 0.5) is 5.69 Å². The first-order chi connectivity index (χ1) is 14.3. The number of halogens is 1.